The van der Waals surface area contributed by atoms with Gasteiger partial charge in [0.05, 0.1) is 30.7 Å². The molecule has 0 bridgehead atoms. The molecule has 7 heteroatoms. The van der Waals surface area contributed by atoms with Gasteiger partial charge in [0.15, 0.2) is 0 Å². The third-order valence-corrected chi connectivity index (χ3v) is 3.76. The molecular formula is C15H23N5O2. The fourth-order valence-corrected chi connectivity index (χ4v) is 2.31. The maximum Gasteiger partial charge on any atom is 0.220 e. The van der Waals surface area contributed by atoms with Crippen molar-refractivity contribution in [3.63, 3.8) is 0 Å². The number of nitrogens with zero attached hydrogens (tertiary/aromatic N) is 4. The van der Waals surface area contributed by atoms with Gasteiger partial charge in [-0.1, -0.05) is 19.0 Å². The summed E-state index contributed by atoms with van der Waals surface area (Å²) < 4.78 is 5.12. The van der Waals surface area contributed by atoms with Crippen LogP contribution in [-0.4, -0.2) is 32.1 Å². The molecule has 2 aromatic rings. The normalized spacial score (nSPS) is 12.6. The Morgan fingerprint density at radius 1 is 1.32 bits per heavy atom. The molecule has 7 nitrogen and oxygen atoms in total. The fourth-order valence-electron chi connectivity index (χ4n) is 2.31. The summed E-state index contributed by atoms with van der Waals surface area (Å²) in [4.78, 5) is 13.8. The molecule has 0 aliphatic carbocycles. The van der Waals surface area contributed by atoms with Crippen molar-refractivity contribution in [2.75, 3.05) is 0 Å². The number of hydrogen-bond acceptors (Lipinski definition) is 5. The minimum atomic E-state index is 0.00423. The quantitative estimate of drug-likeness (QED) is 0.840. The molecule has 0 fully saturated rings. The third-order valence-electron chi connectivity index (χ3n) is 3.76. The summed E-state index contributed by atoms with van der Waals surface area (Å²) in [7, 11) is 0. The monoisotopic (exact) mass is 305 g/mol. The standard InChI is InChI=1S/C15H23N5O2/c1-10(2)14(9-20-16-7-8-17-20)18-15(21)6-5-13-11(3)19-22-12(13)4/h7-8,10,14H,5-6,9H2,1-4H3,(H,18,21). The van der Waals surface area contributed by atoms with Gasteiger partial charge in [0, 0.05) is 12.0 Å². The molecule has 1 N–H and O–H groups in total. The first-order chi connectivity index (χ1) is 10.5. The molecule has 22 heavy (non-hydrogen) atoms. The molecule has 0 aliphatic rings. The maximum absolute atomic E-state index is 12.2. The van der Waals surface area contributed by atoms with E-state index in [1.165, 1.54) is 0 Å². The molecule has 0 spiro atoms. The Balaban J connectivity index is 1.88. The Hall–Kier alpha value is -2.18. The highest BCUT2D eigenvalue weighted by Crippen LogP contribution is 2.14. The Kier molecular flexibility index (Phi) is 5.30. The fraction of sp³-hybridized carbons (Fsp3) is 0.600. The summed E-state index contributed by atoms with van der Waals surface area (Å²) in [6, 6.07) is 0.00423. The first kappa shape index (κ1) is 16.2. The number of aromatic nitrogens is 4. The molecule has 1 amide bonds. The Morgan fingerprint density at radius 3 is 2.55 bits per heavy atom. The predicted octanol–water partition coefficient (Wildman–Crippen LogP) is 1.66. The Labute approximate surface area is 130 Å². The maximum atomic E-state index is 12.2. The Bertz CT molecular complexity index is 584. The molecule has 0 saturated carbocycles. The van der Waals surface area contributed by atoms with E-state index in [9.17, 15) is 4.79 Å². The highest BCUT2D eigenvalue weighted by atomic mass is 16.5. The molecule has 1 unspecified atom stereocenters. The lowest BCUT2D eigenvalue weighted by Gasteiger charge is -2.21. The summed E-state index contributed by atoms with van der Waals surface area (Å²) in [5.74, 6) is 1.10. The average Bonchev–Trinajstić information content (AvgIpc) is 3.07. The third kappa shape index (κ3) is 4.16. The smallest absolute Gasteiger partial charge is 0.220 e. The van der Waals surface area contributed by atoms with E-state index in [-0.39, 0.29) is 11.9 Å². The van der Waals surface area contributed by atoms with Crippen LogP contribution in [0.3, 0.4) is 0 Å². The van der Waals surface area contributed by atoms with Crippen LogP contribution in [0, 0.1) is 19.8 Å². The van der Waals surface area contributed by atoms with Crippen molar-refractivity contribution in [3.8, 4) is 0 Å². The van der Waals surface area contributed by atoms with Crippen molar-refractivity contribution in [2.45, 2.75) is 53.1 Å². The van der Waals surface area contributed by atoms with Gasteiger partial charge in [-0.05, 0) is 26.2 Å². The topological polar surface area (TPSA) is 85.8 Å². The molecule has 2 heterocycles. The zero-order valence-electron chi connectivity index (χ0n) is 13.5. The van der Waals surface area contributed by atoms with E-state index in [1.54, 1.807) is 17.2 Å². The minimum Gasteiger partial charge on any atom is -0.361 e. The van der Waals surface area contributed by atoms with Gasteiger partial charge in [-0.2, -0.15) is 15.0 Å². The second kappa shape index (κ2) is 7.20. The van der Waals surface area contributed by atoms with Crippen molar-refractivity contribution in [1.29, 1.82) is 0 Å². The van der Waals surface area contributed by atoms with Crippen LogP contribution in [0.5, 0.6) is 0 Å². The van der Waals surface area contributed by atoms with Gasteiger partial charge in [0.1, 0.15) is 5.76 Å². The van der Waals surface area contributed by atoms with Crippen LogP contribution in [0.15, 0.2) is 16.9 Å². The van der Waals surface area contributed by atoms with Crippen LogP contribution in [0.4, 0.5) is 0 Å². The van der Waals surface area contributed by atoms with Crippen molar-refractivity contribution in [3.05, 3.63) is 29.4 Å². The molecule has 2 aromatic heterocycles. The van der Waals surface area contributed by atoms with E-state index in [2.05, 4.69) is 34.5 Å². The van der Waals surface area contributed by atoms with Crippen LogP contribution in [0.1, 0.15) is 37.3 Å². The first-order valence-corrected chi connectivity index (χ1v) is 7.52. The second-order valence-electron chi connectivity index (χ2n) is 5.80. The van der Waals surface area contributed by atoms with Crippen molar-refractivity contribution >= 4 is 5.91 Å². The summed E-state index contributed by atoms with van der Waals surface area (Å²) in [6.45, 7) is 8.48. The number of aryl methyl sites for hydroxylation is 2. The summed E-state index contributed by atoms with van der Waals surface area (Å²) >= 11 is 0. The summed E-state index contributed by atoms with van der Waals surface area (Å²) in [6.07, 6.45) is 4.32. The van der Waals surface area contributed by atoms with Crippen molar-refractivity contribution in [2.24, 2.45) is 5.92 Å². The molecule has 0 radical (unpaired) electrons. The second-order valence-corrected chi connectivity index (χ2v) is 5.80. The van der Waals surface area contributed by atoms with Crippen LogP contribution < -0.4 is 5.32 Å². The van der Waals surface area contributed by atoms with E-state index >= 15 is 0 Å². The van der Waals surface area contributed by atoms with E-state index < -0.39 is 0 Å². The molecule has 2 rings (SSSR count). The lowest BCUT2D eigenvalue weighted by atomic mass is 10.0. The van der Waals surface area contributed by atoms with Crippen molar-refractivity contribution < 1.29 is 9.32 Å². The lowest BCUT2D eigenvalue weighted by molar-refractivity contribution is -0.122. The predicted molar refractivity (Wildman–Crippen MR) is 81.1 cm³/mol. The summed E-state index contributed by atoms with van der Waals surface area (Å²) in [5, 5.41) is 15.2. The average molecular weight is 305 g/mol. The largest absolute Gasteiger partial charge is 0.361 e. The number of nitrogens with one attached hydrogen (secondary N) is 1. The van der Waals surface area contributed by atoms with Gasteiger partial charge in [0.2, 0.25) is 5.91 Å². The molecular weight excluding hydrogens is 282 g/mol. The molecule has 0 aliphatic heterocycles. The van der Waals surface area contributed by atoms with Gasteiger partial charge < -0.3 is 9.84 Å². The molecule has 1 atom stereocenters. The lowest BCUT2D eigenvalue weighted by Crippen LogP contribution is -2.42. The van der Waals surface area contributed by atoms with Gasteiger partial charge in [-0.15, -0.1) is 0 Å². The van der Waals surface area contributed by atoms with Gasteiger partial charge >= 0.3 is 0 Å². The van der Waals surface area contributed by atoms with Crippen LogP contribution in [-0.2, 0) is 17.8 Å². The minimum absolute atomic E-state index is 0.00423. The molecule has 0 aromatic carbocycles. The SMILES string of the molecule is Cc1noc(C)c1CCC(=O)NC(Cn1nccn1)C(C)C. The number of rotatable bonds is 7. The first-order valence-electron chi connectivity index (χ1n) is 7.52. The summed E-state index contributed by atoms with van der Waals surface area (Å²) in [5.41, 5.74) is 1.87. The number of hydrogen-bond donors (Lipinski definition) is 1. The van der Waals surface area contributed by atoms with Crippen molar-refractivity contribution in [1.82, 2.24) is 25.5 Å². The number of carbonyl (C=O) groups excluding carboxylic acids is 1. The van der Waals surface area contributed by atoms with E-state index in [0.29, 0.717) is 25.3 Å². The zero-order chi connectivity index (χ0) is 16.1. The molecule has 0 saturated heterocycles. The number of amides is 1. The zero-order valence-corrected chi connectivity index (χ0v) is 13.5. The van der Waals surface area contributed by atoms with E-state index in [1.807, 2.05) is 13.8 Å². The highest BCUT2D eigenvalue weighted by Gasteiger charge is 2.18. The van der Waals surface area contributed by atoms with Gasteiger partial charge in [0.25, 0.3) is 0 Å². The van der Waals surface area contributed by atoms with E-state index in [4.69, 9.17) is 4.52 Å². The van der Waals surface area contributed by atoms with Gasteiger partial charge in [-0.25, -0.2) is 0 Å². The van der Waals surface area contributed by atoms with Crippen LogP contribution >= 0.6 is 0 Å². The molecule has 120 valence electrons. The van der Waals surface area contributed by atoms with E-state index in [0.717, 1.165) is 17.0 Å². The van der Waals surface area contributed by atoms with Crippen LogP contribution in [0.2, 0.25) is 0 Å². The van der Waals surface area contributed by atoms with Crippen LogP contribution in [0.25, 0.3) is 0 Å². The Morgan fingerprint density at radius 2 is 2.00 bits per heavy atom. The highest BCUT2D eigenvalue weighted by molar-refractivity contribution is 5.76. The van der Waals surface area contributed by atoms with Gasteiger partial charge in [-0.3, -0.25) is 4.79 Å². The number of carbonyl (C=O) groups is 1.